The van der Waals surface area contributed by atoms with Crippen LogP contribution in [0.25, 0.3) is 0 Å². The van der Waals surface area contributed by atoms with Crippen molar-refractivity contribution in [3.8, 4) is 0 Å². The highest BCUT2D eigenvalue weighted by Gasteiger charge is 2.37. The van der Waals surface area contributed by atoms with Crippen LogP contribution in [0.15, 0.2) is 39.9 Å². The Bertz CT molecular complexity index is 744. The largest absolute Gasteiger partial charge is 0.398 e. The number of halogens is 1. The zero-order valence-electron chi connectivity index (χ0n) is 11.2. The molecule has 1 aromatic heterocycles. The van der Waals surface area contributed by atoms with Crippen molar-refractivity contribution in [1.82, 2.24) is 4.31 Å². The van der Waals surface area contributed by atoms with Crippen molar-refractivity contribution in [2.75, 3.05) is 12.3 Å². The van der Waals surface area contributed by atoms with Crippen molar-refractivity contribution in [2.45, 2.75) is 23.8 Å². The van der Waals surface area contributed by atoms with Gasteiger partial charge in [0.1, 0.15) is 10.7 Å². The number of hydrogen-bond acceptors (Lipinski definition) is 4. The molecule has 4 nitrogen and oxygen atoms in total. The first kappa shape index (κ1) is 14.5. The predicted octanol–water partition coefficient (Wildman–Crippen LogP) is 3.00. The summed E-state index contributed by atoms with van der Waals surface area (Å²) in [5.41, 5.74) is 6.80. The molecule has 1 aliphatic heterocycles. The maximum Gasteiger partial charge on any atom is 0.245 e. The Labute approximate surface area is 127 Å². The Balaban J connectivity index is 2.03. The Hall–Kier alpha value is -1.44. The molecule has 0 saturated carbocycles. The van der Waals surface area contributed by atoms with E-state index in [4.69, 9.17) is 5.73 Å². The Morgan fingerprint density at radius 2 is 2.14 bits per heavy atom. The van der Waals surface area contributed by atoms with Gasteiger partial charge in [0.25, 0.3) is 0 Å². The lowest BCUT2D eigenvalue weighted by Crippen LogP contribution is -2.31. The van der Waals surface area contributed by atoms with Gasteiger partial charge in [-0.15, -0.1) is 0 Å². The summed E-state index contributed by atoms with van der Waals surface area (Å²) >= 11 is 1.53. The number of benzene rings is 1. The van der Waals surface area contributed by atoms with Gasteiger partial charge in [0.15, 0.2) is 0 Å². The lowest BCUT2D eigenvalue weighted by Gasteiger charge is -2.24. The smallest absolute Gasteiger partial charge is 0.245 e. The molecule has 1 aromatic carbocycles. The molecule has 0 amide bonds. The highest BCUT2D eigenvalue weighted by Crippen LogP contribution is 2.38. The predicted molar refractivity (Wildman–Crippen MR) is 81.0 cm³/mol. The van der Waals surface area contributed by atoms with Gasteiger partial charge in [0.2, 0.25) is 10.0 Å². The van der Waals surface area contributed by atoms with Crippen LogP contribution < -0.4 is 5.73 Å². The van der Waals surface area contributed by atoms with Crippen LogP contribution in [-0.2, 0) is 10.0 Å². The first-order valence-electron chi connectivity index (χ1n) is 6.59. The highest BCUT2D eigenvalue weighted by molar-refractivity contribution is 7.89. The molecule has 1 aliphatic rings. The molecule has 1 unspecified atom stereocenters. The van der Waals surface area contributed by atoms with Gasteiger partial charge in [-0.3, -0.25) is 0 Å². The SMILES string of the molecule is Nc1ccc(F)cc1S(=O)(=O)N1CCCC1c1ccsc1. The third-order valence-electron chi connectivity index (χ3n) is 3.69. The van der Waals surface area contributed by atoms with E-state index < -0.39 is 15.8 Å². The quantitative estimate of drug-likeness (QED) is 0.882. The van der Waals surface area contributed by atoms with Gasteiger partial charge in [-0.05, 0) is 53.4 Å². The third-order valence-corrected chi connectivity index (χ3v) is 6.36. The molecule has 2 heterocycles. The molecule has 0 spiro atoms. The van der Waals surface area contributed by atoms with Gasteiger partial charge in [-0.25, -0.2) is 12.8 Å². The van der Waals surface area contributed by atoms with E-state index in [1.807, 2.05) is 16.8 Å². The zero-order chi connectivity index (χ0) is 15.0. The summed E-state index contributed by atoms with van der Waals surface area (Å²) in [6.45, 7) is 0.429. The van der Waals surface area contributed by atoms with Crippen LogP contribution in [0.4, 0.5) is 10.1 Å². The summed E-state index contributed by atoms with van der Waals surface area (Å²) in [6.07, 6.45) is 1.56. The van der Waals surface area contributed by atoms with Crippen LogP contribution in [0.2, 0.25) is 0 Å². The standard InChI is InChI=1S/C14H15FN2O2S2/c15-11-3-4-12(16)14(8-11)21(18,19)17-6-1-2-13(17)10-5-7-20-9-10/h3-5,7-9,13H,1-2,6,16H2. The molecular formula is C14H15FN2O2S2. The van der Waals surface area contributed by atoms with Crippen molar-refractivity contribution in [3.63, 3.8) is 0 Å². The van der Waals surface area contributed by atoms with Crippen LogP contribution in [0.3, 0.4) is 0 Å². The number of hydrogen-bond donors (Lipinski definition) is 1. The second kappa shape index (κ2) is 5.40. The molecule has 1 atom stereocenters. The van der Waals surface area contributed by atoms with Crippen molar-refractivity contribution in [2.24, 2.45) is 0 Å². The zero-order valence-corrected chi connectivity index (χ0v) is 12.8. The summed E-state index contributed by atoms with van der Waals surface area (Å²) in [4.78, 5) is -0.148. The van der Waals surface area contributed by atoms with Crippen molar-refractivity contribution < 1.29 is 12.8 Å². The van der Waals surface area contributed by atoms with E-state index in [0.717, 1.165) is 30.5 Å². The second-order valence-corrected chi connectivity index (χ2v) is 7.65. The molecule has 7 heteroatoms. The number of anilines is 1. The summed E-state index contributed by atoms with van der Waals surface area (Å²) in [6, 6.07) is 5.18. The first-order chi connectivity index (χ1) is 10.00. The normalized spacial score (nSPS) is 20.0. The minimum Gasteiger partial charge on any atom is -0.398 e. The van der Waals surface area contributed by atoms with E-state index in [0.29, 0.717) is 6.54 Å². The second-order valence-electron chi connectivity index (χ2n) is 5.01. The molecular weight excluding hydrogens is 311 g/mol. The van der Waals surface area contributed by atoms with E-state index in [2.05, 4.69) is 0 Å². The van der Waals surface area contributed by atoms with E-state index in [9.17, 15) is 12.8 Å². The fourth-order valence-electron chi connectivity index (χ4n) is 2.68. The van der Waals surface area contributed by atoms with Crippen molar-refractivity contribution in [3.05, 3.63) is 46.4 Å². The average molecular weight is 326 g/mol. The van der Waals surface area contributed by atoms with E-state index in [1.54, 1.807) is 0 Å². The fraction of sp³-hybridized carbons (Fsp3) is 0.286. The lowest BCUT2D eigenvalue weighted by atomic mass is 10.1. The topological polar surface area (TPSA) is 63.4 Å². The molecule has 112 valence electrons. The van der Waals surface area contributed by atoms with Crippen LogP contribution in [0.1, 0.15) is 24.4 Å². The Morgan fingerprint density at radius 1 is 1.33 bits per heavy atom. The van der Waals surface area contributed by atoms with Crippen LogP contribution in [0.5, 0.6) is 0 Å². The molecule has 21 heavy (non-hydrogen) atoms. The number of thiophene rings is 1. The van der Waals surface area contributed by atoms with Crippen LogP contribution >= 0.6 is 11.3 Å². The molecule has 0 aliphatic carbocycles. The van der Waals surface area contributed by atoms with Gasteiger partial charge >= 0.3 is 0 Å². The maximum atomic E-state index is 13.4. The molecule has 1 fully saturated rings. The van der Waals surface area contributed by atoms with Crippen LogP contribution in [-0.4, -0.2) is 19.3 Å². The minimum absolute atomic E-state index is 0.0763. The monoisotopic (exact) mass is 326 g/mol. The molecule has 1 saturated heterocycles. The Morgan fingerprint density at radius 3 is 2.86 bits per heavy atom. The summed E-state index contributed by atoms with van der Waals surface area (Å²) in [7, 11) is -3.79. The summed E-state index contributed by atoms with van der Waals surface area (Å²) in [5.74, 6) is -0.603. The fourth-order valence-corrected chi connectivity index (χ4v) is 5.20. The van der Waals surface area contributed by atoms with Gasteiger partial charge in [0, 0.05) is 6.54 Å². The molecule has 2 aromatic rings. The average Bonchev–Trinajstić information content (AvgIpc) is 3.10. The summed E-state index contributed by atoms with van der Waals surface area (Å²) < 4.78 is 40.4. The number of nitrogens with two attached hydrogens (primary N) is 1. The van der Waals surface area contributed by atoms with Crippen molar-refractivity contribution >= 4 is 27.0 Å². The lowest BCUT2D eigenvalue weighted by molar-refractivity contribution is 0.397. The number of rotatable bonds is 3. The molecule has 0 radical (unpaired) electrons. The minimum atomic E-state index is -3.79. The van der Waals surface area contributed by atoms with Gasteiger partial charge < -0.3 is 5.73 Å². The Kier molecular flexibility index (Phi) is 3.73. The first-order valence-corrected chi connectivity index (χ1v) is 8.97. The van der Waals surface area contributed by atoms with Gasteiger partial charge in [-0.2, -0.15) is 15.6 Å². The number of nitrogens with zero attached hydrogens (tertiary/aromatic N) is 1. The van der Waals surface area contributed by atoms with Crippen LogP contribution in [0, 0.1) is 5.82 Å². The van der Waals surface area contributed by atoms with Gasteiger partial charge in [-0.1, -0.05) is 0 Å². The number of nitrogen functional groups attached to an aromatic ring is 1. The maximum absolute atomic E-state index is 13.4. The van der Waals surface area contributed by atoms with E-state index >= 15 is 0 Å². The van der Waals surface area contributed by atoms with Crippen molar-refractivity contribution in [1.29, 1.82) is 0 Å². The molecule has 3 rings (SSSR count). The third kappa shape index (κ3) is 2.56. The number of sulfonamides is 1. The van der Waals surface area contributed by atoms with E-state index in [-0.39, 0.29) is 16.6 Å². The van der Waals surface area contributed by atoms with E-state index in [1.165, 1.54) is 21.7 Å². The van der Waals surface area contributed by atoms with Gasteiger partial charge in [0.05, 0.1) is 11.7 Å². The summed E-state index contributed by atoms with van der Waals surface area (Å²) in [5, 5.41) is 3.88. The highest BCUT2D eigenvalue weighted by atomic mass is 32.2. The molecule has 2 N–H and O–H groups in total. The molecule has 0 bridgehead atoms.